The van der Waals surface area contributed by atoms with Crippen LogP contribution in [0.2, 0.25) is 0 Å². The molecule has 4 amide bonds. The lowest BCUT2D eigenvalue weighted by molar-refractivity contribution is -0.135. The largest absolute Gasteiger partial charge is 0.348 e. The monoisotopic (exact) mass is 383 g/mol. The van der Waals surface area contributed by atoms with Crippen LogP contribution in [0.5, 0.6) is 0 Å². The second-order valence-corrected chi connectivity index (χ2v) is 6.79. The molecule has 0 unspecified atom stereocenters. The molecule has 1 heterocycles. The highest BCUT2D eigenvalue weighted by Gasteiger charge is 2.51. The lowest BCUT2D eigenvalue weighted by atomic mass is 9.87. The Morgan fingerprint density at radius 3 is 2.39 bits per heavy atom. The SMILES string of the molecule is CC[C@@]1(c2ccccc2)NC(=O)N(CC(=O)N[C@@H](C)c2ccc(F)cc2)C1=O. The van der Waals surface area contributed by atoms with Crippen molar-refractivity contribution in [3.05, 3.63) is 71.5 Å². The van der Waals surface area contributed by atoms with Gasteiger partial charge in [0.2, 0.25) is 5.91 Å². The van der Waals surface area contributed by atoms with Crippen LogP contribution >= 0.6 is 0 Å². The zero-order valence-corrected chi connectivity index (χ0v) is 15.7. The third-order valence-corrected chi connectivity index (χ3v) is 5.02. The fourth-order valence-electron chi connectivity index (χ4n) is 3.40. The molecule has 1 aliphatic rings. The highest BCUT2D eigenvalue weighted by Crippen LogP contribution is 2.32. The number of carbonyl (C=O) groups is 3. The van der Waals surface area contributed by atoms with E-state index in [2.05, 4.69) is 10.6 Å². The molecule has 2 aromatic rings. The Balaban J connectivity index is 1.72. The fourth-order valence-corrected chi connectivity index (χ4v) is 3.40. The van der Waals surface area contributed by atoms with E-state index in [0.717, 1.165) is 10.5 Å². The van der Waals surface area contributed by atoms with Crippen LogP contribution in [0.3, 0.4) is 0 Å². The average Bonchev–Trinajstić information content (AvgIpc) is 2.94. The van der Waals surface area contributed by atoms with Crippen LogP contribution < -0.4 is 10.6 Å². The number of rotatable bonds is 6. The van der Waals surface area contributed by atoms with E-state index in [1.807, 2.05) is 13.0 Å². The number of hydrogen-bond donors (Lipinski definition) is 2. The van der Waals surface area contributed by atoms with E-state index in [9.17, 15) is 18.8 Å². The summed E-state index contributed by atoms with van der Waals surface area (Å²) in [6.45, 7) is 3.17. The van der Waals surface area contributed by atoms with Gasteiger partial charge < -0.3 is 10.6 Å². The van der Waals surface area contributed by atoms with Gasteiger partial charge in [-0.25, -0.2) is 9.18 Å². The van der Waals surface area contributed by atoms with E-state index < -0.39 is 23.4 Å². The number of carbonyl (C=O) groups excluding carboxylic acids is 3. The van der Waals surface area contributed by atoms with Crippen molar-refractivity contribution >= 4 is 17.8 Å². The summed E-state index contributed by atoms with van der Waals surface area (Å²) in [5.74, 6) is -1.28. The molecule has 1 aliphatic heterocycles. The van der Waals surface area contributed by atoms with E-state index in [1.165, 1.54) is 12.1 Å². The molecule has 146 valence electrons. The van der Waals surface area contributed by atoms with Crippen molar-refractivity contribution in [3.63, 3.8) is 0 Å². The minimum atomic E-state index is -1.17. The van der Waals surface area contributed by atoms with Gasteiger partial charge in [-0.1, -0.05) is 49.4 Å². The maximum Gasteiger partial charge on any atom is 0.325 e. The first-order valence-electron chi connectivity index (χ1n) is 9.12. The van der Waals surface area contributed by atoms with Crippen molar-refractivity contribution in [1.29, 1.82) is 0 Å². The predicted molar refractivity (Wildman–Crippen MR) is 102 cm³/mol. The Morgan fingerprint density at radius 1 is 1.14 bits per heavy atom. The first-order valence-corrected chi connectivity index (χ1v) is 9.12. The summed E-state index contributed by atoms with van der Waals surface area (Å²) in [6.07, 6.45) is 0.367. The molecule has 2 N–H and O–H groups in total. The molecule has 1 fully saturated rings. The lowest BCUT2D eigenvalue weighted by Crippen LogP contribution is -2.45. The fraction of sp³-hybridized carbons (Fsp3) is 0.286. The van der Waals surface area contributed by atoms with Gasteiger partial charge in [0.15, 0.2) is 0 Å². The number of urea groups is 1. The summed E-state index contributed by atoms with van der Waals surface area (Å²) >= 11 is 0. The Hall–Kier alpha value is -3.22. The molecular weight excluding hydrogens is 361 g/mol. The molecular formula is C21H22FN3O3. The van der Waals surface area contributed by atoms with Crippen LogP contribution in [-0.4, -0.2) is 29.3 Å². The number of benzene rings is 2. The standard InChI is InChI=1S/C21H22FN3O3/c1-3-21(16-7-5-4-6-8-16)19(27)25(20(28)24-21)13-18(26)23-14(2)15-9-11-17(22)12-10-15/h4-12,14H,3,13H2,1-2H3,(H,23,26)(H,24,28)/t14-,21-/m0/s1. The minimum Gasteiger partial charge on any atom is -0.348 e. The molecule has 0 aliphatic carbocycles. The minimum absolute atomic E-state index is 0.363. The van der Waals surface area contributed by atoms with Crippen LogP contribution in [0, 0.1) is 5.82 Å². The molecule has 0 spiro atoms. The van der Waals surface area contributed by atoms with Gasteiger partial charge >= 0.3 is 6.03 Å². The maximum absolute atomic E-state index is 13.0. The van der Waals surface area contributed by atoms with Gasteiger partial charge in [-0.05, 0) is 36.6 Å². The van der Waals surface area contributed by atoms with E-state index in [0.29, 0.717) is 12.0 Å². The van der Waals surface area contributed by atoms with Crippen molar-refractivity contribution in [2.24, 2.45) is 0 Å². The number of hydrogen-bond acceptors (Lipinski definition) is 3. The zero-order chi connectivity index (χ0) is 20.3. The Kier molecular flexibility index (Phi) is 5.44. The molecule has 2 aromatic carbocycles. The van der Waals surface area contributed by atoms with Gasteiger partial charge in [0, 0.05) is 0 Å². The highest BCUT2D eigenvalue weighted by atomic mass is 19.1. The molecule has 1 saturated heterocycles. The van der Waals surface area contributed by atoms with Crippen molar-refractivity contribution in [3.8, 4) is 0 Å². The van der Waals surface area contributed by atoms with Crippen molar-refractivity contribution in [1.82, 2.24) is 15.5 Å². The molecule has 28 heavy (non-hydrogen) atoms. The van der Waals surface area contributed by atoms with Gasteiger partial charge in [-0.15, -0.1) is 0 Å². The third-order valence-electron chi connectivity index (χ3n) is 5.02. The van der Waals surface area contributed by atoms with Crippen LogP contribution in [-0.2, 0) is 15.1 Å². The third kappa shape index (κ3) is 3.60. The first kappa shape index (κ1) is 19.5. The Labute approximate surface area is 162 Å². The smallest absolute Gasteiger partial charge is 0.325 e. The van der Waals surface area contributed by atoms with E-state index in [-0.39, 0.29) is 18.4 Å². The molecule has 0 radical (unpaired) electrons. The van der Waals surface area contributed by atoms with E-state index in [4.69, 9.17) is 0 Å². The molecule has 6 nitrogen and oxygen atoms in total. The highest BCUT2D eigenvalue weighted by molar-refractivity contribution is 6.09. The number of halogens is 1. The normalized spacial score (nSPS) is 20.0. The van der Waals surface area contributed by atoms with E-state index in [1.54, 1.807) is 43.3 Å². The number of amides is 4. The van der Waals surface area contributed by atoms with Gasteiger partial charge in [0.1, 0.15) is 17.9 Å². The van der Waals surface area contributed by atoms with Gasteiger partial charge in [-0.3, -0.25) is 14.5 Å². The predicted octanol–water partition coefficient (Wildman–Crippen LogP) is 2.86. The quantitative estimate of drug-likeness (QED) is 0.753. The van der Waals surface area contributed by atoms with Crippen molar-refractivity contribution in [2.45, 2.75) is 31.8 Å². The maximum atomic E-state index is 13.0. The first-order chi connectivity index (χ1) is 13.4. The van der Waals surface area contributed by atoms with Gasteiger partial charge in [-0.2, -0.15) is 0 Å². The summed E-state index contributed by atoms with van der Waals surface area (Å²) in [5.41, 5.74) is 0.235. The van der Waals surface area contributed by atoms with Crippen LogP contribution in [0.4, 0.5) is 9.18 Å². The molecule has 7 heteroatoms. The second kappa shape index (κ2) is 7.80. The lowest BCUT2D eigenvalue weighted by Gasteiger charge is -2.25. The summed E-state index contributed by atoms with van der Waals surface area (Å²) in [6, 6.07) is 13.8. The number of nitrogens with zero attached hydrogens (tertiary/aromatic N) is 1. The average molecular weight is 383 g/mol. The molecule has 2 atom stereocenters. The van der Waals surface area contributed by atoms with Crippen molar-refractivity contribution < 1.29 is 18.8 Å². The number of imide groups is 1. The Bertz CT molecular complexity index is 886. The van der Waals surface area contributed by atoms with Crippen molar-refractivity contribution in [2.75, 3.05) is 6.54 Å². The summed E-state index contributed by atoms with van der Waals surface area (Å²) in [5, 5.41) is 5.48. The van der Waals surface area contributed by atoms with Gasteiger partial charge in [0.05, 0.1) is 6.04 Å². The summed E-state index contributed by atoms with van der Waals surface area (Å²) in [4.78, 5) is 38.8. The second-order valence-electron chi connectivity index (χ2n) is 6.79. The van der Waals surface area contributed by atoms with E-state index >= 15 is 0 Å². The molecule has 0 bridgehead atoms. The zero-order valence-electron chi connectivity index (χ0n) is 15.7. The topological polar surface area (TPSA) is 78.5 Å². The number of nitrogens with one attached hydrogen (secondary N) is 2. The summed E-state index contributed by atoms with van der Waals surface area (Å²) in [7, 11) is 0. The Morgan fingerprint density at radius 2 is 1.79 bits per heavy atom. The van der Waals surface area contributed by atoms with Gasteiger partial charge in [0.25, 0.3) is 5.91 Å². The van der Waals surface area contributed by atoms with Crippen LogP contribution in [0.1, 0.15) is 37.4 Å². The molecule has 3 rings (SSSR count). The molecule has 0 aromatic heterocycles. The molecule has 0 saturated carbocycles. The van der Waals surface area contributed by atoms with Crippen LogP contribution in [0.25, 0.3) is 0 Å². The van der Waals surface area contributed by atoms with Crippen LogP contribution in [0.15, 0.2) is 54.6 Å². The summed E-state index contributed by atoms with van der Waals surface area (Å²) < 4.78 is 13.0.